The van der Waals surface area contributed by atoms with E-state index in [4.69, 9.17) is 0 Å². The zero-order valence-electron chi connectivity index (χ0n) is 11.4. The van der Waals surface area contributed by atoms with Gasteiger partial charge >= 0.3 is 116 Å². The van der Waals surface area contributed by atoms with Gasteiger partial charge in [0.25, 0.3) is 0 Å². The molecular formula is C12H26IN2O2-. The van der Waals surface area contributed by atoms with Crippen LogP contribution in [-0.2, 0) is 9.63 Å². The molecule has 0 rings (SSSR count). The maximum atomic E-state index is 10.5. The third kappa shape index (κ3) is 11.0. The number of hydrogen-bond acceptors (Lipinski definition) is 4. The number of rotatable bonds is 10. The Balaban J connectivity index is 3.21. The summed E-state index contributed by atoms with van der Waals surface area (Å²) in [6.45, 7) is 10.2. The molecule has 17 heavy (non-hydrogen) atoms. The van der Waals surface area contributed by atoms with Gasteiger partial charge in [-0.1, -0.05) is 0 Å². The molecule has 0 aliphatic carbocycles. The van der Waals surface area contributed by atoms with Gasteiger partial charge in [0, 0.05) is 0 Å². The van der Waals surface area contributed by atoms with Crippen LogP contribution in [0.15, 0.2) is 0 Å². The first kappa shape index (κ1) is 17.1. The molecule has 104 valence electrons. The molecule has 0 aromatic heterocycles. The molecule has 2 N–H and O–H groups in total. The minimum atomic E-state index is -0.279. The summed E-state index contributed by atoms with van der Waals surface area (Å²) in [6.07, 6.45) is 2.52. The van der Waals surface area contributed by atoms with Gasteiger partial charge in [0.15, 0.2) is 0 Å². The summed E-state index contributed by atoms with van der Waals surface area (Å²) < 4.78 is 4.59. The molecule has 0 spiro atoms. The SMILES string of the molecule is CCC(C)[C@H](C)CCN[I-]CCNOC(C)=O. The fraction of sp³-hybridized carbons (Fsp3) is 0.917. The van der Waals surface area contributed by atoms with Gasteiger partial charge < -0.3 is 0 Å². The normalized spacial score (nSPS) is 14.6. The average molecular weight is 357 g/mol. The van der Waals surface area contributed by atoms with E-state index in [2.05, 4.69) is 34.6 Å². The Morgan fingerprint density at radius 3 is 2.59 bits per heavy atom. The van der Waals surface area contributed by atoms with Crippen LogP contribution >= 0.6 is 0 Å². The fourth-order valence-corrected chi connectivity index (χ4v) is 2.91. The van der Waals surface area contributed by atoms with E-state index >= 15 is 0 Å². The van der Waals surface area contributed by atoms with Crippen molar-refractivity contribution in [3.05, 3.63) is 0 Å². The molecule has 0 radical (unpaired) electrons. The van der Waals surface area contributed by atoms with E-state index in [0.29, 0.717) is 0 Å². The first-order valence-electron chi connectivity index (χ1n) is 6.29. The van der Waals surface area contributed by atoms with Gasteiger partial charge in [-0.2, -0.15) is 0 Å². The number of carbonyl (C=O) groups is 1. The van der Waals surface area contributed by atoms with E-state index in [1.807, 2.05) is 0 Å². The molecule has 1 unspecified atom stereocenters. The van der Waals surface area contributed by atoms with Gasteiger partial charge in [-0.25, -0.2) is 0 Å². The molecule has 0 heterocycles. The molecule has 0 aromatic rings. The van der Waals surface area contributed by atoms with Crippen LogP contribution in [0.1, 0.15) is 40.5 Å². The summed E-state index contributed by atoms with van der Waals surface area (Å²) >= 11 is 0.0324. The van der Waals surface area contributed by atoms with Crippen molar-refractivity contribution >= 4 is 5.97 Å². The molecule has 0 bridgehead atoms. The standard InChI is InChI=1S/C12H26IN2O2/c1-5-10(2)11(3)6-8-14-13-7-9-15-17-12(4)16/h10-11,14-15H,5-9H2,1-4H3/q-1/t10?,11-/m1/s1. The predicted molar refractivity (Wildman–Crippen MR) is 65.9 cm³/mol. The van der Waals surface area contributed by atoms with Gasteiger partial charge in [-0.3, -0.25) is 0 Å². The molecule has 0 amide bonds. The monoisotopic (exact) mass is 357 g/mol. The topological polar surface area (TPSA) is 50.4 Å². The zero-order chi connectivity index (χ0) is 13.1. The van der Waals surface area contributed by atoms with Gasteiger partial charge in [-0.05, 0) is 0 Å². The molecule has 0 aromatic carbocycles. The Morgan fingerprint density at radius 1 is 1.29 bits per heavy atom. The fourth-order valence-electron chi connectivity index (χ4n) is 1.34. The third-order valence-corrected chi connectivity index (χ3v) is 5.07. The summed E-state index contributed by atoms with van der Waals surface area (Å²) in [5.74, 6) is 1.34. The second-order valence-electron chi connectivity index (χ2n) is 4.35. The molecule has 4 nitrogen and oxygen atoms in total. The average Bonchev–Trinajstić information content (AvgIpc) is 2.30. The van der Waals surface area contributed by atoms with Crippen LogP contribution < -0.4 is 30.5 Å². The molecule has 0 saturated heterocycles. The second-order valence-corrected chi connectivity index (χ2v) is 6.95. The van der Waals surface area contributed by atoms with Crippen molar-refractivity contribution < 1.29 is 31.1 Å². The van der Waals surface area contributed by atoms with Crippen LogP contribution in [0.5, 0.6) is 0 Å². The van der Waals surface area contributed by atoms with Gasteiger partial charge in [-0.15, -0.1) is 0 Å². The number of alkyl halides is 1. The molecule has 0 aliphatic heterocycles. The Bertz CT molecular complexity index is 203. The van der Waals surface area contributed by atoms with E-state index < -0.39 is 0 Å². The summed E-state index contributed by atoms with van der Waals surface area (Å²) in [4.78, 5) is 15.1. The number of nitrogens with one attached hydrogen (secondary N) is 2. The summed E-state index contributed by atoms with van der Waals surface area (Å²) in [5.41, 5.74) is 2.65. The van der Waals surface area contributed by atoms with Crippen molar-refractivity contribution in [3.8, 4) is 0 Å². The number of hydroxylamine groups is 1. The second kappa shape index (κ2) is 11.2. The van der Waals surface area contributed by atoms with Gasteiger partial charge in [0.1, 0.15) is 0 Å². The van der Waals surface area contributed by atoms with Gasteiger partial charge in [0.2, 0.25) is 0 Å². The van der Waals surface area contributed by atoms with Crippen molar-refractivity contribution in [2.24, 2.45) is 11.8 Å². The first-order chi connectivity index (χ1) is 8.07. The Labute approximate surface area is 116 Å². The molecule has 0 fully saturated rings. The molecule has 0 aliphatic rings. The quantitative estimate of drug-likeness (QED) is 0.168. The van der Waals surface area contributed by atoms with Crippen molar-refractivity contribution in [2.75, 3.05) is 17.5 Å². The van der Waals surface area contributed by atoms with Crippen molar-refractivity contribution in [1.82, 2.24) is 9.01 Å². The first-order valence-corrected chi connectivity index (χ1v) is 8.89. The van der Waals surface area contributed by atoms with Crippen LogP contribution in [0.25, 0.3) is 0 Å². The Hall–Kier alpha value is 0.120. The number of carbonyl (C=O) groups excluding carboxylic acids is 1. The van der Waals surface area contributed by atoms with Crippen molar-refractivity contribution in [3.63, 3.8) is 0 Å². The Morgan fingerprint density at radius 2 is 2.00 bits per heavy atom. The minimum absolute atomic E-state index is 0.0324. The predicted octanol–water partition coefficient (Wildman–Crippen LogP) is -1.28. The van der Waals surface area contributed by atoms with Crippen LogP contribution in [0.4, 0.5) is 0 Å². The molecular weight excluding hydrogens is 331 g/mol. The van der Waals surface area contributed by atoms with Crippen LogP contribution in [0, 0.1) is 11.8 Å². The number of hydrogen-bond donors (Lipinski definition) is 2. The maximum absolute atomic E-state index is 10.5. The third-order valence-electron chi connectivity index (χ3n) is 2.91. The van der Waals surface area contributed by atoms with E-state index in [-0.39, 0.29) is 27.4 Å². The van der Waals surface area contributed by atoms with Crippen LogP contribution in [0.3, 0.4) is 0 Å². The van der Waals surface area contributed by atoms with E-state index in [1.54, 1.807) is 0 Å². The van der Waals surface area contributed by atoms with Crippen molar-refractivity contribution in [2.45, 2.75) is 40.5 Å². The molecule has 2 atom stereocenters. The van der Waals surface area contributed by atoms with Crippen LogP contribution in [-0.4, -0.2) is 23.5 Å². The van der Waals surface area contributed by atoms with E-state index in [0.717, 1.165) is 29.4 Å². The van der Waals surface area contributed by atoms with Crippen molar-refractivity contribution in [1.29, 1.82) is 0 Å². The molecule has 0 saturated carbocycles. The van der Waals surface area contributed by atoms with E-state index in [9.17, 15) is 4.79 Å². The van der Waals surface area contributed by atoms with Gasteiger partial charge in [0.05, 0.1) is 0 Å². The van der Waals surface area contributed by atoms with E-state index in [1.165, 1.54) is 19.8 Å². The summed E-state index contributed by atoms with van der Waals surface area (Å²) in [5, 5.41) is 0. The summed E-state index contributed by atoms with van der Waals surface area (Å²) in [7, 11) is 0. The zero-order valence-corrected chi connectivity index (χ0v) is 13.5. The number of halogens is 1. The summed E-state index contributed by atoms with van der Waals surface area (Å²) in [6, 6.07) is 0. The van der Waals surface area contributed by atoms with Crippen LogP contribution in [0.2, 0.25) is 0 Å². The molecule has 5 heteroatoms. The Kier molecular flexibility index (Phi) is 11.3.